The molecule has 0 heterocycles. The maximum atomic E-state index is 12.0. The molecule has 1 amide bonds. The summed E-state index contributed by atoms with van der Waals surface area (Å²) < 4.78 is 33.2. The van der Waals surface area contributed by atoms with E-state index in [1.165, 1.54) is 18.2 Å². The minimum absolute atomic E-state index is 0.00252. The van der Waals surface area contributed by atoms with Gasteiger partial charge in [-0.05, 0) is 18.6 Å². The third-order valence-electron chi connectivity index (χ3n) is 1.92. The third-order valence-corrected chi connectivity index (χ3v) is 1.92. The topological polar surface area (TPSA) is 47.6 Å². The van der Waals surface area contributed by atoms with Crippen molar-refractivity contribution in [2.24, 2.45) is 0 Å². The van der Waals surface area contributed by atoms with Gasteiger partial charge < -0.3 is 14.8 Å². The van der Waals surface area contributed by atoms with Crippen molar-refractivity contribution >= 4 is 11.6 Å². The number of hydrogen-bond acceptors (Lipinski definition) is 3. The van der Waals surface area contributed by atoms with Crippen molar-refractivity contribution < 1.29 is 23.0 Å². The fourth-order valence-electron chi connectivity index (χ4n) is 1.26. The Morgan fingerprint density at radius 2 is 2.22 bits per heavy atom. The first-order valence-corrected chi connectivity index (χ1v) is 5.54. The van der Waals surface area contributed by atoms with E-state index in [0.29, 0.717) is 12.3 Å². The molecule has 0 aromatic heterocycles. The smallest absolute Gasteiger partial charge is 0.387 e. The lowest BCUT2D eigenvalue weighted by atomic mass is 10.3. The summed E-state index contributed by atoms with van der Waals surface area (Å²) >= 11 is 0. The predicted molar refractivity (Wildman–Crippen MR) is 62.8 cm³/mol. The van der Waals surface area contributed by atoms with E-state index in [-0.39, 0.29) is 18.3 Å². The van der Waals surface area contributed by atoms with E-state index >= 15 is 0 Å². The van der Waals surface area contributed by atoms with E-state index < -0.39 is 6.61 Å². The fraction of sp³-hybridized carbons (Fsp3) is 0.417. The number of benzene rings is 1. The van der Waals surface area contributed by atoms with Gasteiger partial charge in [-0.15, -0.1) is 0 Å². The molecule has 1 rings (SSSR count). The van der Waals surface area contributed by atoms with Gasteiger partial charge in [-0.3, -0.25) is 4.79 Å². The Morgan fingerprint density at radius 3 is 2.89 bits per heavy atom. The molecule has 0 radical (unpaired) electrons. The van der Waals surface area contributed by atoms with Gasteiger partial charge in [-0.2, -0.15) is 8.78 Å². The Balaban J connectivity index is 2.48. The molecule has 0 fully saturated rings. The molecule has 0 atom stereocenters. The van der Waals surface area contributed by atoms with Crippen LogP contribution in [-0.4, -0.2) is 25.7 Å². The number of carbonyl (C=O) groups excluding carboxylic acids is 1. The lowest BCUT2D eigenvalue weighted by Gasteiger charge is -2.08. The first-order valence-electron chi connectivity index (χ1n) is 5.54. The minimum atomic E-state index is -2.89. The van der Waals surface area contributed by atoms with Crippen LogP contribution < -0.4 is 10.1 Å². The maximum absolute atomic E-state index is 12.0. The van der Waals surface area contributed by atoms with Crippen molar-refractivity contribution in [1.82, 2.24) is 0 Å². The highest BCUT2D eigenvalue weighted by molar-refractivity contribution is 5.91. The van der Waals surface area contributed by atoms with Gasteiger partial charge in [0.25, 0.3) is 0 Å². The van der Waals surface area contributed by atoms with Crippen molar-refractivity contribution in [3.63, 3.8) is 0 Å². The largest absolute Gasteiger partial charge is 0.435 e. The number of rotatable bonds is 7. The molecular weight excluding hydrogens is 244 g/mol. The zero-order valence-electron chi connectivity index (χ0n) is 9.99. The van der Waals surface area contributed by atoms with Gasteiger partial charge in [0.1, 0.15) is 12.4 Å². The van der Waals surface area contributed by atoms with E-state index in [0.717, 1.165) is 6.42 Å². The number of amides is 1. The summed E-state index contributed by atoms with van der Waals surface area (Å²) in [6.45, 7) is -0.512. The van der Waals surface area contributed by atoms with Crippen LogP contribution in [-0.2, 0) is 9.53 Å². The van der Waals surface area contributed by atoms with Gasteiger partial charge in [0.2, 0.25) is 5.91 Å². The van der Waals surface area contributed by atoms with Crippen molar-refractivity contribution in [2.75, 3.05) is 18.5 Å². The highest BCUT2D eigenvalue weighted by Crippen LogP contribution is 2.19. The highest BCUT2D eigenvalue weighted by atomic mass is 19.3. The molecule has 4 nitrogen and oxygen atoms in total. The summed E-state index contributed by atoms with van der Waals surface area (Å²) in [5, 5.41) is 2.53. The van der Waals surface area contributed by atoms with Crippen molar-refractivity contribution in [2.45, 2.75) is 20.0 Å². The second-order valence-corrected chi connectivity index (χ2v) is 3.51. The van der Waals surface area contributed by atoms with Gasteiger partial charge in [0, 0.05) is 18.4 Å². The maximum Gasteiger partial charge on any atom is 0.387 e. The SMILES string of the molecule is CCCOCC(=O)Nc1cccc(OC(F)F)c1. The minimum Gasteiger partial charge on any atom is -0.435 e. The molecule has 0 aliphatic carbocycles. The predicted octanol–water partition coefficient (Wildman–Crippen LogP) is 2.65. The van der Waals surface area contributed by atoms with Crippen LogP contribution in [0.3, 0.4) is 0 Å². The average molecular weight is 259 g/mol. The van der Waals surface area contributed by atoms with E-state index in [1.54, 1.807) is 6.07 Å². The molecule has 6 heteroatoms. The number of anilines is 1. The van der Waals surface area contributed by atoms with Crippen molar-refractivity contribution in [3.05, 3.63) is 24.3 Å². The van der Waals surface area contributed by atoms with Gasteiger partial charge in [0.15, 0.2) is 0 Å². The lowest BCUT2D eigenvalue weighted by molar-refractivity contribution is -0.120. The molecule has 0 spiro atoms. The normalized spacial score (nSPS) is 10.4. The fourth-order valence-corrected chi connectivity index (χ4v) is 1.26. The van der Waals surface area contributed by atoms with Crippen molar-refractivity contribution in [1.29, 1.82) is 0 Å². The average Bonchev–Trinajstić information content (AvgIpc) is 2.28. The molecule has 18 heavy (non-hydrogen) atoms. The van der Waals surface area contributed by atoms with Crippen molar-refractivity contribution in [3.8, 4) is 5.75 Å². The number of halogens is 2. The molecule has 0 aliphatic rings. The second-order valence-electron chi connectivity index (χ2n) is 3.51. The monoisotopic (exact) mass is 259 g/mol. The van der Waals surface area contributed by atoms with Crippen LogP contribution >= 0.6 is 0 Å². The van der Waals surface area contributed by atoms with E-state index in [4.69, 9.17) is 4.74 Å². The molecule has 1 aromatic carbocycles. The molecule has 1 N–H and O–H groups in total. The number of ether oxygens (including phenoxy) is 2. The molecular formula is C12H15F2NO3. The van der Waals surface area contributed by atoms with Gasteiger partial charge >= 0.3 is 6.61 Å². The van der Waals surface area contributed by atoms with Crippen LogP contribution in [0.5, 0.6) is 5.75 Å². The van der Waals surface area contributed by atoms with Gasteiger partial charge in [0.05, 0.1) is 0 Å². The lowest BCUT2D eigenvalue weighted by Crippen LogP contribution is -2.18. The van der Waals surface area contributed by atoms with E-state index in [2.05, 4.69) is 10.1 Å². The molecule has 0 aliphatic heterocycles. The third kappa shape index (κ3) is 5.58. The summed E-state index contributed by atoms with van der Waals surface area (Å²) in [5.74, 6) is -0.338. The molecule has 0 saturated heterocycles. The van der Waals surface area contributed by atoms with E-state index in [1.807, 2.05) is 6.92 Å². The van der Waals surface area contributed by atoms with Crippen LogP contribution in [0.1, 0.15) is 13.3 Å². The van der Waals surface area contributed by atoms with Crippen LogP contribution in [0.25, 0.3) is 0 Å². The van der Waals surface area contributed by atoms with Gasteiger partial charge in [-0.25, -0.2) is 0 Å². The first-order chi connectivity index (χ1) is 8.61. The number of hydrogen-bond donors (Lipinski definition) is 1. The standard InChI is InChI=1S/C12H15F2NO3/c1-2-6-17-8-11(16)15-9-4-3-5-10(7-9)18-12(13)14/h3-5,7,12H,2,6,8H2,1H3,(H,15,16). The molecule has 0 bridgehead atoms. The van der Waals surface area contributed by atoms with Gasteiger partial charge in [-0.1, -0.05) is 13.0 Å². The van der Waals surface area contributed by atoms with Crippen LogP contribution in [0.15, 0.2) is 24.3 Å². The van der Waals surface area contributed by atoms with Crippen LogP contribution in [0.4, 0.5) is 14.5 Å². The zero-order chi connectivity index (χ0) is 13.4. The molecule has 1 aromatic rings. The number of nitrogens with one attached hydrogen (secondary N) is 1. The second kappa shape index (κ2) is 7.60. The van der Waals surface area contributed by atoms with Crippen LogP contribution in [0.2, 0.25) is 0 Å². The summed E-state index contributed by atoms with van der Waals surface area (Å²) in [4.78, 5) is 11.4. The summed E-state index contributed by atoms with van der Waals surface area (Å²) in [5.41, 5.74) is 0.387. The molecule has 100 valence electrons. The van der Waals surface area contributed by atoms with E-state index in [9.17, 15) is 13.6 Å². The summed E-state index contributed by atoms with van der Waals surface area (Å²) in [7, 11) is 0. The first kappa shape index (κ1) is 14.4. The Labute approximate surface area is 104 Å². The number of alkyl halides is 2. The Hall–Kier alpha value is -1.69. The Kier molecular flexibility index (Phi) is 6.07. The Bertz CT molecular complexity index is 385. The molecule has 0 saturated carbocycles. The quantitative estimate of drug-likeness (QED) is 0.766. The molecule has 0 unspecified atom stereocenters. The zero-order valence-corrected chi connectivity index (χ0v) is 9.99. The summed E-state index contributed by atoms with van der Waals surface area (Å²) in [6.07, 6.45) is 0.824. The highest BCUT2D eigenvalue weighted by Gasteiger charge is 2.06. The summed E-state index contributed by atoms with van der Waals surface area (Å²) in [6, 6.07) is 5.80. The van der Waals surface area contributed by atoms with Crippen LogP contribution in [0, 0.1) is 0 Å². The Morgan fingerprint density at radius 1 is 1.44 bits per heavy atom. The number of carbonyl (C=O) groups is 1.